The molecule has 1 heterocycles. The van der Waals surface area contributed by atoms with Crippen molar-refractivity contribution >= 4 is 57.9 Å². The van der Waals surface area contributed by atoms with E-state index >= 15 is 0 Å². The lowest BCUT2D eigenvalue weighted by Crippen LogP contribution is -2.27. The quantitative estimate of drug-likeness (QED) is 0.277. The number of rotatable bonds is 6. The largest absolute Gasteiger partial charge is 0.324 e. The van der Waals surface area contributed by atoms with Gasteiger partial charge in [0.2, 0.25) is 5.91 Å². The number of fused-ring (bicyclic) bond motifs is 2. The molecule has 2 N–H and O–H groups in total. The minimum absolute atomic E-state index is 0.167. The molecule has 0 saturated heterocycles. The molecule has 1 atom stereocenters. The summed E-state index contributed by atoms with van der Waals surface area (Å²) in [7, 11) is 0. The Bertz CT molecular complexity index is 1490. The van der Waals surface area contributed by atoms with Gasteiger partial charge in [-0.15, -0.1) is 23.1 Å². The molecule has 0 spiro atoms. The lowest BCUT2D eigenvalue weighted by Gasteiger charge is -2.21. The summed E-state index contributed by atoms with van der Waals surface area (Å²) in [5.41, 5.74) is 2.20. The van der Waals surface area contributed by atoms with Gasteiger partial charge in [0.25, 0.3) is 5.91 Å². The van der Waals surface area contributed by atoms with Crippen molar-refractivity contribution in [1.29, 1.82) is 0 Å². The van der Waals surface area contributed by atoms with E-state index in [1.54, 1.807) is 67.6 Å². The van der Waals surface area contributed by atoms with Crippen molar-refractivity contribution in [2.24, 2.45) is 0 Å². The van der Waals surface area contributed by atoms with Crippen molar-refractivity contribution in [2.75, 3.05) is 10.6 Å². The van der Waals surface area contributed by atoms with Crippen molar-refractivity contribution in [3.05, 3.63) is 111 Å². The minimum Gasteiger partial charge on any atom is -0.324 e. The van der Waals surface area contributed by atoms with Gasteiger partial charge in [0.05, 0.1) is 21.4 Å². The predicted molar refractivity (Wildman–Crippen MR) is 142 cm³/mol. The number of thiophene rings is 1. The van der Waals surface area contributed by atoms with Crippen molar-refractivity contribution in [1.82, 2.24) is 0 Å². The molecule has 6 nitrogen and oxygen atoms in total. The van der Waals surface area contributed by atoms with Crippen LogP contribution in [0.1, 0.15) is 48.4 Å². The summed E-state index contributed by atoms with van der Waals surface area (Å²) in [5.74, 6) is -0.968. The number of hydrogen-bond acceptors (Lipinski definition) is 6. The van der Waals surface area contributed by atoms with Crippen LogP contribution in [0.3, 0.4) is 0 Å². The van der Waals surface area contributed by atoms with E-state index in [0.717, 1.165) is 4.90 Å². The van der Waals surface area contributed by atoms with Gasteiger partial charge in [0.1, 0.15) is 0 Å². The normalized spacial score (nSPS) is 12.9. The van der Waals surface area contributed by atoms with E-state index in [0.29, 0.717) is 27.4 Å². The maximum Gasteiger partial charge on any atom is 0.265 e. The molecule has 36 heavy (non-hydrogen) atoms. The van der Waals surface area contributed by atoms with Crippen LogP contribution in [0.2, 0.25) is 0 Å². The summed E-state index contributed by atoms with van der Waals surface area (Å²) in [6.45, 7) is 1.77. The van der Waals surface area contributed by atoms with Crippen LogP contribution in [0.5, 0.6) is 0 Å². The number of hydrogen-bond donors (Lipinski definition) is 2. The molecule has 3 aromatic carbocycles. The molecule has 1 aliphatic rings. The van der Waals surface area contributed by atoms with Crippen LogP contribution in [-0.2, 0) is 4.79 Å². The molecule has 5 rings (SSSR count). The number of benzene rings is 3. The third-order valence-corrected chi connectivity index (χ3v) is 7.73. The fourth-order valence-electron chi connectivity index (χ4n) is 3.96. The second kappa shape index (κ2) is 9.93. The van der Waals surface area contributed by atoms with Gasteiger partial charge in [0, 0.05) is 27.3 Å². The Morgan fingerprint density at radius 3 is 2.17 bits per heavy atom. The SMILES string of the molecule is CC(Sc1ccc(NC(=O)c2cccs2)cc1)C(=O)Nc1cccc2c1C(=O)c1ccccc1C2=O. The first-order chi connectivity index (χ1) is 17.4. The average Bonchev–Trinajstić information content (AvgIpc) is 3.44. The van der Waals surface area contributed by atoms with Gasteiger partial charge < -0.3 is 10.6 Å². The monoisotopic (exact) mass is 512 g/mol. The molecule has 4 aromatic rings. The molecular weight excluding hydrogens is 492 g/mol. The number of thioether (sulfide) groups is 1. The van der Waals surface area contributed by atoms with E-state index < -0.39 is 5.25 Å². The van der Waals surface area contributed by atoms with Gasteiger partial charge in [-0.1, -0.05) is 42.5 Å². The molecule has 2 amide bonds. The van der Waals surface area contributed by atoms with E-state index in [-0.39, 0.29) is 34.5 Å². The molecular formula is C28H20N2O4S2. The van der Waals surface area contributed by atoms with Crippen LogP contribution in [0, 0.1) is 0 Å². The summed E-state index contributed by atoms with van der Waals surface area (Å²) in [6.07, 6.45) is 0. The Labute approximate surface area is 215 Å². The van der Waals surface area contributed by atoms with Crippen molar-refractivity contribution in [3.8, 4) is 0 Å². The van der Waals surface area contributed by atoms with Crippen molar-refractivity contribution < 1.29 is 19.2 Å². The highest BCUT2D eigenvalue weighted by molar-refractivity contribution is 8.00. The standard InChI is InChI=1S/C28H20N2O4S2/c1-16(36-18-13-11-17(12-14-18)29-28(34)23-10-5-15-35-23)27(33)30-22-9-4-8-21-24(22)26(32)20-7-3-2-6-19(20)25(21)31/h2-16H,1H3,(H,29,34)(H,30,33). The zero-order chi connectivity index (χ0) is 25.2. The zero-order valence-electron chi connectivity index (χ0n) is 19.1. The Hall–Kier alpha value is -4.01. The number of carbonyl (C=O) groups is 4. The maximum atomic E-state index is 13.2. The summed E-state index contributed by atoms with van der Waals surface area (Å²) < 4.78 is 0. The molecule has 0 bridgehead atoms. The fraction of sp³-hybridized carbons (Fsp3) is 0.0714. The Balaban J connectivity index is 1.27. The van der Waals surface area contributed by atoms with Gasteiger partial charge in [-0.05, 0) is 48.7 Å². The van der Waals surface area contributed by atoms with Gasteiger partial charge in [0.15, 0.2) is 11.6 Å². The molecule has 0 fully saturated rings. The third-order valence-electron chi connectivity index (χ3n) is 5.75. The van der Waals surface area contributed by atoms with E-state index in [1.807, 2.05) is 23.6 Å². The maximum absolute atomic E-state index is 13.2. The number of nitrogens with one attached hydrogen (secondary N) is 2. The fourth-order valence-corrected chi connectivity index (χ4v) is 5.44. The third kappa shape index (κ3) is 4.60. The Morgan fingerprint density at radius 1 is 0.778 bits per heavy atom. The van der Waals surface area contributed by atoms with E-state index in [2.05, 4.69) is 10.6 Å². The van der Waals surface area contributed by atoms with Crippen LogP contribution < -0.4 is 10.6 Å². The highest BCUT2D eigenvalue weighted by Crippen LogP contribution is 2.33. The van der Waals surface area contributed by atoms with E-state index in [9.17, 15) is 19.2 Å². The lowest BCUT2D eigenvalue weighted by atomic mass is 9.83. The second-order valence-corrected chi connectivity index (χ2v) is 10.5. The first-order valence-electron chi connectivity index (χ1n) is 11.2. The predicted octanol–water partition coefficient (Wildman–Crippen LogP) is 5.90. The van der Waals surface area contributed by atoms with Crippen LogP contribution in [-0.4, -0.2) is 28.6 Å². The number of ketones is 2. The van der Waals surface area contributed by atoms with E-state index in [4.69, 9.17) is 0 Å². The Morgan fingerprint density at radius 2 is 1.47 bits per heavy atom. The van der Waals surface area contributed by atoms with E-state index in [1.165, 1.54) is 23.1 Å². The smallest absolute Gasteiger partial charge is 0.265 e. The second-order valence-electron chi connectivity index (χ2n) is 8.14. The summed E-state index contributed by atoms with van der Waals surface area (Å²) in [5, 5.41) is 7.05. The molecule has 0 saturated carbocycles. The first-order valence-corrected chi connectivity index (χ1v) is 12.9. The van der Waals surface area contributed by atoms with Crippen LogP contribution in [0.15, 0.2) is 89.1 Å². The summed E-state index contributed by atoms with van der Waals surface area (Å²) >= 11 is 2.72. The average molecular weight is 513 g/mol. The summed E-state index contributed by atoms with van der Waals surface area (Å²) in [4.78, 5) is 52.8. The van der Waals surface area contributed by atoms with Gasteiger partial charge >= 0.3 is 0 Å². The lowest BCUT2D eigenvalue weighted by molar-refractivity contribution is -0.115. The molecule has 8 heteroatoms. The number of amides is 2. The van der Waals surface area contributed by atoms with Gasteiger partial charge in [-0.25, -0.2) is 0 Å². The molecule has 0 radical (unpaired) electrons. The van der Waals surface area contributed by atoms with Crippen LogP contribution in [0.25, 0.3) is 0 Å². The molecule has 0 aliphatic heterocycles. The number of carbonyl (C=O) groups excluding carboxylic acids is 4. The number of anilines is 2. The molecule has 1 aromatic heterocycles. The molecule has 1 unspecified atom stereocenters. The molecule has 1 aliphatic carbocycles. The highest BCUT2D eigenvalue weighted by atomic mass is 32.2. The van der Waals surface area contributed by atoms with Crippen LogP contribution >= 0.6 is 23.1 Å². The van der Waals surface area contributed by atoms with Gasteiger partial charge in [-0.3, -0.25) is 19.2 Å². The van der Waals surface area contributed by atoms with Crippen molar-refractivity contribution in [2.45, 2.75) is 17.1 Å². The minimum atomic E-state index is -0.478. The zero-order valence-corrected chi connectivity index (χ0v) is 20.7. The first kappa shape index (κ1) is 23.7. The highest BCUT2D eigenvalue weighted by Gasteiger charge is 2.32. The van der Waals surface area contributed by atoms with Gasteiger partial charge in [-0.2, -0.15) is 0 Å². The summed E-state index contributed by atoms with van der Waals surface area (Å²) in [6, 6.07) is 22.4. The molecule has 178 valence electrons. The Kier molecular flexibility index (Phi) is 6.54. The topological polar surface area (TPSA) is 92.3 Å². The van der Waals surface area contributed by atoms with Crippen molar-refractivity contribution in [3.63, 3.8) is 0 Å². The van der Waals surface area contributed by atoms with Crippen LogP contribution in [0.4, 0.5) is 11.4 Å².